The first-order valence-electron chi connectivity index (χ1n) is 6.82. The molecule has 3 heteroatoms. The zero-order valence-electron chi connectivity index (χ0n) is 12.0. The van der Waals surface area contributed by atoms with Crippen LogP contribution in [0.4, 0.5) is 0 Å². The van der Waals surface area contributed by atoms with Crippen LogP contribution in [0.3, 0.4) is 0 Å². The zero-order chi connectivity index (χ0) is 15.4. The number of rotatable bonds is 4. The number of ketones is 1. The molecule has 0 aromatic heterocycles. The minimum Gasteiger partial charge on any atom is -0.292 e. The van der Waals surface area contributed by atoms with Crippen LogP contribution in [0, 0.1) is 11.3 Å². The third-order valence-corrected chi connectivity index (χ3v) is 3.71. The van der Waals surface area contributed by atoms with Crippen LogP contribution in [-0.4, -0.2) is 5.78 Å². The van der Waals surface area contributed by atoms with Crippen LogP contribution >= 0.6 is 11.6 Å². The number of Topliss-reactive ketones (excluding diaryl/α,β-unsaturated/α-hetero) is 1. The second-order valence-electron chi connectivity index (χ2n) is 5.25. The van der Waals surface area contributed by atoms with Crippen LogP contribution < -0.4 is 0 Å². The number of carbonyl (C=O) groups is 1. The van der Waals surface area contributed by atoms with Gasteiger partial charge in [-0.15, -0.1) is 0 Å². The molecule has 0 fully saturated rings. The number of nitriles is 1. The average molecular weight is 298 g/mol. The highest BCUT2D eigenvalue weighted by atomic mass is 35.5. The number of benzene rings is 2. The zero-order valence-corrected chi connectivity index (χ0v) is 12.8. The molecule has 106 valence electrons. The van der Waals surface area contributed by atoms with Gasteiger partial charge in [0.2, 0.25) is 0 Å². The minimum atomic E-state index is -0.785. The lowest BCUT2D eigenvalue weighted by molar-refractivity contribution is 0.0979. The monoisotopic (exact) mass is 297 g/mol. The van der Waals surface area contributed by atoms with Gasteiger partial charge in [-0.25, -0.2) is 0 Å². The standard InChI is InChI=1S/C18H16ClNO/c1-12(2)13-3-5-14(6-4-13)17(11-20)18(21)15-7-9-16(19)10-8-15/h3-10,12,17H,1-2H3. The normalized spacial score (nSPS) is 12.0. The Morgan fingerprint density at radius 2 is 1.52 bits per heavy atom. The lowest BCUT2D eigenvalue weighted by atomic mass is 9.90. The summed E-state index contributed by atoms with van der Waals surface area (Å²) in [6.45, 7) is 4.21. The molecule has 0 saturated carbocycles. The number of hydrogen-bond donors (Lipinski definition) is 0. The van der Waals surface area contributed by atoms with E-state index in [0.29, 0.717) is 16.5 Å². The Bertz CT molecular complexity index is 666. The van der Waals surface area contributed by atoms with Gasteiger partial charge in [0.05, 0.1) is 6.07 Å². The van der Waals surface area contributed by atoms with Crippen molar-refractivity contribution in [2.45, 2.75) is 25.7 Å². The van der Waals surface area contributed by atoms with Gasteiger partial charge in [0, 0.05) is 10.6 Å². The second kappa shape index (κ2) is 6.56. The van der Waals surface area contributed by atoms with Crippen molar-refractivity contribution in [1.29, 1.82) is 5.26 Å². The molecule has 0 amide bonds. The highest BCUT2D eigenvalue weighted by molar-refractivity contribution is 6.30. The molecule has 2 rings (SSSR count). The Morgan fingerprint density at radius 3 is 2.00 bits per heavy atom. The maximum Gasteiger partial charge on any atom is 0.184 e. The van der Waals surface area contributed by atoms with Gasteiger partial charge in [0.15, 0.2) is 5.78 Å². The summed E-state index contributed by atoms with van der Waals surface area (Å²) >= 11 is 5.82. The minimum absolute atomic E-state index is 0.202. The predicted octanol–water partition coefficient (Wildman–Crippen LogP) is 4.95. The SMILES string of the molecule is CC(C)c1ccc(C(C#N)C(=O)c2ccc(Cl)cc2)cc1. The first-order valence-corrected chi connectivity index (χ1v) is 7.20. The molecule has 1 unspecified atom stereocenters. The van der Waals surface area contributed by atoms with Crippen LogP contribution in [0.25, 0.3) is 0 Å². The van der Waals surface area contributed by atoms with E-state index in [0.717, 1.165) is 5.56 Å². The lowest BCUT2D eigenvalue weighted by Gasteiger charge is -2.11. The highest BCUT2D eigenvalue weighted by Crippen LogP contribution is 2.23. The van der Waals surface area contributed by atoms with Crippen molar-refractivity contribution in [3.63, 3.8) is 0 Å². The molecule has 0 aliphatic rings. The fourth-order valence-electron chi connectivity index (χ4n) is 2.14. The van der Waals surface area contributed by atoms with Crippen LogP contribution in [0.15, 0.2) is 48.5 Å². The molecule has 0 heterocycles. The number of nitrogens with zero attached hydrogens (tertiary/aromatic N) is 1. The van der Waals surface area contributed by atoms with Gasteiger partial charge in [-0.3, -0.25) is 4.79 Å². The van der Waals surface area contributed by atoms with Gasteiger partial charge in [0.25, 0.3) is 0 Å². The van der Waals surface area contributed by atoms with Crippen LogP contribution in [0.5, 0.6) is 0 Å². The lowest BCUT2D eigenvalue weighted by Crippen LogP contribution is -2.11. The van der Waals surface area contributed by atoms with Crippen LogP contribution in [0.1, 0.15) is 47.2 Å². The third kappa shape index (κ3) is 3.51. The molecule has 2 aromatic carbocycles. The first kappa shape index (κ1) is 15.3. The molecule has 0 spiro atoms. The molecule has 21 heavy (non-hydrogen) atoms. The summed E-state index contributed by atoms with van der Waals surface area (Å²) in [5.41, 5.74) is 2.41. The fourth-order valence-corrected chi connectivity index (χ4v) is 2.26. The second-order valence-corrected chi connectivity index (χ2v) is 5.69. The van der Waals surface area contributed by atoms with Crippen LogP contribution in [0.2, 0.25) is 5.02 Å². The third-order valence-electron chi connectivity index (χ3n) is 3.46. The Kier molecular flexibility index (Phi) is 4.77. The first-order chi connectivity index (χ1) is 10.0. The van der Waals surface area contributed by atoms with E-state index in [2.05, 4.69) is 19.9 Å². The van der Waals surface area contributed by atoms with Crippen molar-refractivity contribution in [1.82, 2.24) is 0 Å². The van der Waals surface area contributed by atoms with E-state index in [4.69, 9.17) is 11.6 Å². The topological polar surface area (TPSA) is 40.9 Å². The summed E-state index contributed by atoms with van der Waals surface area (Å²) < 4.78 is 0. The molecule has 0 radical (unpaired) electrons. The molecular formula is C18H16ClNO. The molecule has 0 bridgehead atoms. The summed E-state index contributed by atoms with van der Waals surface area (Å²) in [5, 5.41) is 9.92. The van der Waals surface area contributed by atoms with Crippen molar-refractivity contribution in [2.75, 3.05) is 0 Å². The molecule has 2 aromatic rings. The van der Waals surface area contributed by atoms with E-state index in [9.17, 15) is 10.1 Å². The van der Waals surface area contributed by atoms with E-state index in [1.54, 1.807) is 24.3 Å². The molecule has 0 aliphatic heterocycles. The predicted molar refractivity (Wildman–Crippen MR) is 84.7 cm³/mol. The van der Waals surface area contributed by atoms with Crippen molar-refractivity contribution in [2.24, 2.45) is 0 Å². The summed E-state index contributed by atoms with van der Waals surface area (Å²) in [6, 6.07) is 16.4. The van der Waals surface area contributed by atoms with E-state index in [1.807, 2.05) is 24.3 Å². The average Bonchev–Trinajstić information content (AvgIpc) is 2.49. The largest absolute Gasteiger partial charge is 0.292 e. The van der Waals surface area contributed by atoms with Gasteiger partial charge < -0.3 is 0 Å². The highest BCUT2D eigenvalue weighted by Gasteiger charge is 2.21. The van der Waals surface area contributed by atoms with Crippen LogP contribution in [-0.2, 0) is 0 Å². The van der Waals surface area contributed by atoms with Crippen molar-refractivity contribution in [3.05, 3.63) is 70.2 Å². The van der Waals surface area contributed by atoms with E-state index in [1.165, 1.54) is 5.56 Å². The fraction of sp³-hybridized carbons (Fsp3) is 0.222. The summed E-state index contributed by atoms with van der Waals surface area (Å²) in [5.74, 6) is -0.564. The quantitative estimate of drug-likeness (QED) is 0.749. The molecule has 2 nitrogen and oxygen atoms in total. The van der Waals surface area contributed by atoms with E-state index in [-0.39, 0.29) is 5.78 Å². The maximum atomic E-state index is 12.4. The van der Waals surface area contributed by atoms with E-state index >= 15 is 0 Å². The molecule has 0 N–H and O–H groups in total. The Labute approximate surface area is 130 Å². The summed E-state index contributed by atoms with van der Waals surface area (Å²) in [6.07, 6.45) is 0. The molecule has 0 aliphatic carbocycles. The van der Waals surface area contributed by atoms with Gasteiger partial charge in [-0.05, 0) is 41.3 Å². The molecular weight excluding hydrogens is 282 g/mol. The Hall–Kier alpha value is -2.11. The summed E-state index contributed by atoms with van der Waals surface area (Å²) in [4.78, 5) is 12.4. The molecule has 1 atom stereocenters. The maximum absolute atomic E-state index is 12.4. The van der Waals surface area contributed by atoms with Crippen molar-refractivity contribution in [3.8, 4) is 6.07 Å². The Balaban J connectivity index is 2.29. The van der Waals surface area contributed by atoms with Gasteiger partial charge >= 0.3 is 0 Å². The van der Waals surface area contributed by atoms with Crippen molar-refractivity contribution < 1.29 is 4.79 Å². The van der Waals surface area contributed by atoms with Gasteiger partial charge in [-0.2, -0.15) is 5.26 Å². The number of halogens is 1. The van der Waals surface area contributed by atoms with Gasteiger partial charge in [0.1, 0.15) is 5.92 Å². The van der Waals surface area contributed by atoms with E-state index < -0.39 is 5.92 Å². The smallest absolute Gasteiger partial charge is 0.184 e. The number of hydrogen-bond acceptors (Lipinski definition) is 2. The summed E-state index contributed by atoms with van der Waals surface area (Å²) in [7, 11) is 0. The molecule has 0 saturated heterocycles. The Morgan fingerprint density at radius 1 is 1.00 bits per heavy atom. The van der Waals surface area contributed by atoms with Gasteiger partial charge in [-0.1, -0.05) is 49.7 Å². The van der Waals surface area contributed by atoms with Crippen molar-refractivity contribution >= 4 is 17.4 Å². The number of carbonyl (C=O) groups excluding carboxylic acids is 1.